The molecule has 0 amide bonds. The van der Waals surface area contributed by atoms with Gasteiger partial charge in [-0.15, -0.1) is 0 Å². The first kappa shape index (κ1) is 16.2. The maximum atomic E-state index is 13.7. The van der Waals surface area contributed by atoms with Crippen molar-refractivity contribution in [2.24, 2.45) is 0 Å². The second-order valence-electron chi connectivity index (χ2n) is 5.85. The van der Waals surface area contributed by atoms with Crippen LogP contribution in [0, 0.1) is 5.82 Å². The van der Waals surface area contributed by atoms with E-state index in [9.17, 15) is 4.39 Å². The van der Waals surface area contributed by atoms with Crippen molar-refractivity contribution in [3.63, 3.8) is 0 Å². The fourth-order valence-corrected chi connectivity index (χ4v) is 3.17. The highest BCUT2D eigenvalue weighted by molar-refractivity contribution is 9.10. The standard InChI is InChI=1S/C17H19BrFN3O/c1-22-6-3-13(4-7-22)23-16-8-11(2-5-21-16)14-9-12(19)10-15(18)17(14)20/h2,5,8-10,13H,3-4,6-7,20H2,1H3. The van der Waals surface area contributed by atoms with Crippen LogP contribution in [-0.2, 0) is 0 Å². The lowest BCUT2D eigenvalue weighted by atomic mass is 10.0. The van der Waals surface area contributed by atoms with Gasteiger partial charge >= 0.3 is 0 Å². The van der Waals surface area contributed by atoms with E-state index in [1.165, 1.54) is 12.1 Å². The van der Waals surface area contributed by atoms with E-state index in [2.05, 4.69) is 32.9 Å². The van der Waals surface area contributed by atoms with E-state index in [1.807, 2.05) is 6.07 Å². The number of halogens is 2. The van der Waals surface area contributed by atoms with Gasteiger partial charge in [-0.1, -0.05) is 0 Å². The molecule has 1 saturated heterocycles. The number of piperidine rings is 1. The summed E-state index contributed by atoms with van der Waals surface area (Å²) in [5.74, 6) is 0.215. The van der Waals surface area contributed by atoms with E-state index in [1.54, 1.807) is 12.3 Å². The Morgan fingerprint density at radius 1 is 1.30 bits per heavy atom. The lowest BCUT2D eigenvalue weighted by molar-refractivity contribution is 0.110. The van der Waals surface area contributed by atoms with Crippen LogP contribution in [0.4, 0.5) is 10.1 Å². The minimum atomic E-state index is -0.337. The SMILES string of the molecule is CN1CCC(Oc2cc(-c3cc(F)cc(Br)c3N)ccn2)CC1. The normalized spacial score (nSPS) is 16.5. The molecule has 1 aliphatic rings. The highest BCUT2D eigenvalue weighted by Gasteiger charge is 2.19. The van der Waals surface area contributed by atoms with Crippen molar-refractivity contribution in [1.82, 2.24) is 9.88 Å². The first-order valence-corrected chi connectivity index (χ1v) is 8.38. The fourth-order valence-electron chi connectivity index (χ4n) is 2.74. The first-order valence-electron chi connectivity index (χ1n) is 7.59. The van der Waals surface area contributed by atoms with Crippen LogP contribution in [0.3, 0.4) is 0 Å². The number of nitrogens with two attached hydrogens (primary N) is 1. The number of ether oxygens (including phenoxy) is 1. The Morgan fingerprint density at radius 3 is 2.78 bits per heavy atom. The van der Waals surface area contributed by atoms with Gasteiger partial charge in [0.25, 0.3) is 0 Å². The lowest BCUT2D eigenvalue weighted by Crippen LogP contribution is -2.35. The Labute approximate surface area is 143 Å². The molecule has 0 radical (unpaired) electrons. The number of anilines is 1. The quantitative estimate of drug-likeness (QED) is 0.825. The van der Waals surface area contributed by atoms with Crippen LogP contribution in [-0.4, -0.2) is 36.1 Å². The molecular formula is C17H19BrFN3O. The molecule has 0 unspecified atom stereocenters. The summed E-state index contributed by atoms with van der Waals surface area (Å²) < 4.78 is 20.2. The highest BCUT2D eigenvalue weighted by Crippen LogP contribution is 2.34. The summed E-state index contributed by atoms with van der Waals surface area (Å²) in [5, 5.41) is 0. The molecule has 23 heavy (non-hydrogen) atoms. The van der Waals surface area contributed by atoms with E-state index >= 15 is 0 Å². The zero-order valence-corrected chi connectivity index (χ0v) is 14.5. The smallest absolute Gasteiger partial charge is 0.214 e. The molecule has 2 N–H and O–H groups in total. The average molecular weight is 380 g/mol. The molecule has 1 aliphatic heterocycles. The second kappa shape index (κ2) is 6.84. The lowest BCUT2D eigenvalue weighted by Gasteiger charge is -2.29. The van der Waals surface area contributed by atoms with Gasteiger partial charge in [0.05, 0.1) is 5.69 Å². The van der Waals surface area contributed by atoms with Gasteiger partial charge in [-0.2, -0.15) is 0 Å². The van der Waals surface area contributed by atoms with Gasteiger partial charge in [0.1, 0.15) is 11.9 Å². The van der Waals surface area contributed by atoms with Crippen LogP contribution in [0.2, 0.25) is 0 Å². The molecule has 0 spiro atoms. The van der Waals surface area contributed by atoms with Crippen LogP contribution in [0.5, 0.6) is 5.88 Å². The van der Waals surface area contributed by atoms with Crippen molar-refractivity contribution < 1.29 is 9.13 Å². The van der Waals surface area contributed by atoms with Gasteiger partial charge in [0.2, 0.25) is 5.88 Å². The minimum Gasteiger partial charge on any atom is -0.474 e. The average Bonchev–Trinajstić information content (AvgIpc) is 2.53. The largest absolute Gasteiger partial charge is 0.474 e. The number of nitrogens with zero attached hydrogens (tertiary/aromatic N) is 2. The molecular weight excluding hydrogens is 361 g/mol. The van der Waals surface area contributed by atoms with E-state index in [4.69, 9.17) is 10.5 Å². The van der Waals surface area contributed by atoms with Gasteiger partial charge in [0, 0.05) is 35.4 Å². The summed E-state index contributed by atoms with van der Waals surface area (Å²) in [4.78, 5) is 6.56. The third kappa shape index (κ3) is 3.82. The molecule has 0 bridgehead atoms. The number of aromatic nitrogens is 1. The van der Waals surface area contributed by atoms with Gasteiger partial charge in [-0.25, -0.2) is 9.37 Å². The molecule has 2 aromatic rings. The molecule has 2 heterocycles. The van der Waals surface area contributed by atoms with Crippen molar-refractivity contribution in [1.29, 1.82) is 0 Å². The zero-order valence-electron chi connectivity index (χ0n) is 12.9. The molecule has 0 atom stereocenters. The highest BCUT2D eigenvalue weighted by atomic mass is 79.9. The molecule has 1 aromatic heterocycles. The van der Waals surface area contributed by atoms with Gasteiger partial charge in [-0.05, 0) is 59.6 Å². The molecule has 1 aromatic carbocycles. The van der Waals surface area contributed by atoms with Crippen LogP contribution in [0.1, 0.15) is 12.8 Å². The van der Waals surface area contributed by atoms with E-state index in [0.717, 1.165) is 31.5 Å². The first-order chi connectivity index (χ1) is 11.0. The Balaban J connectivity index is 1.83. The number of likely N-dealkylation sites (tertiary alicyclic amines) is 1. The number of hydrogen-bond donors (Lipinski definition) is 1. The predicted molar refractivity (Wildman–Crippen MR) is 92.9 cm³/mol. The third-order valence-electron chi connectivity index (χ3n) is 4.09. The van der Waals surface area contributed by atoms with Crippen LogP contribution in [0.25, 0.3) is 11.1 Å². The summed E-state index contributed by atoms with van der Waals surface area (Å²) >= 11 is 3.28. The predicted octanol–water partition coefficient (Wildman–Crippen LogP) is 3.71. The van der Waals surface area contributed by atoms with Crippen molar-refractivity contribution in [3.8, 4) is 17.0 Å². The summed E-state index contributed by atoms with van der Waals surface area (Å²) in [6.07, 6.45) is 3.80. The van der Waals surface area contributed by atoms with Crippen LogP contribution >= 0.6 is 15.9 Å². The number of hydrogen-bond acceptors (Lipinski definition) is 4. The summed E-state index contributed by atoms with van der Waals surface area (Å²) in [7, 11) is 2.11. The number of pyridine rings is 1. The fraction of sp³-hybridized carbons (Fsp3) is 0.353. The minimum absolute atomic E-state index is 0.172. The number of rotatable bonds is 3. The van der Waals surface area contributed by atoms with E-state index < -0.39 is 0 Å². The molecule has 1 fully saturated rings. The Bertz CT molecular complexity index is 702. The molecule has 0 saturated carbocycles. The molecule has 4 nitrogen and oxygen atoms in total. The Kier molecular flexibility index (Phi) is 4.82. The molecule has 0 aliphatic carbocycles. The molecule has 6 heteroatoms. The van der Waals surface area contributed by atoms with Gasteiger partial charge < -0.3 is 15.4 Å². The number of benzene rings is 1. The van der Waals surface area contributed by atoms with Crippen molar-refractivity contribution in [2.45, 2.75) is 18.9 Å². The monoisotopic (exact) mass is 379 g/mol. The maximum Gasteiger partial charge on any atom is 0.214 e. The Hall–Kier alpha value is -1.66. The second-order valence-corrected chi connectivity index (χ2v) is 6.71. The van der Waals surface area contributed by atoms with Crippen molar-refractivity contribution >= 4 is 21.6 Å². The van der Waals surface area contributed by atoms with Crippen LogP contribution in [0.15, 0.2) is 34.9 Å². The topological polar surface area (TPSA) is 51.4 Å². The zero-order chi connectivity index (χ0) is 16.4. The summed E-state index contributed by atoms with van der Waals surface area (Å²) in [6.45, 7) is 2.04. The maximum absolute atomic E-state index is 13.7. The van der Waals surface area contributed by atoms with E-state index in [0.29, 0.717) is 21.6 Å². The van der Waals surface area contributed by atoms with Gasteiger partial charge in [-0.3, -0.25) is 0 Å². The van der Waals surface area contributed by atoms with Crippen molar-refractivity contribution in [3.05, 3.63) is 40.8 Å². The summed E-state index contributed by atoms with van der Waals surface area (Å²) in [6, 6.07) is 6.40. The van der Waals surface area contributed by atoms with E-state index in [-0.39, 0.29) is 11.9 Å². The molecule has 3 rings (SSSR count). The third-order valence-corrected chi connectivity index (χ3v) is 4.75. The molecule has 122 valence electrons. The van der Waals surface area contributed by atoms with Gasteiger partial charge in [0.15, 0.2) is 0 Å². The van der Waals surface area contributed by atoms with Crippen LogP contribution < -0.4 is 10.5 Å². The Morgan fingerprint density at radius 2 is 2.04 bits per heavy atom. The summed E-state index contributed by atoms with van der Waals surface area (Å²) in [5.41, 5.74) is 7.98. The van der Waals surface area contributed by atoms with Crippen molar-refractivity contribution in [2.75, 3.05) is 25.9 Å². The number of nitrogen functional groups attached to an aromatic ring is 1.